The second-order valence-electron chi connectivity index (χ2n) is 4.64. The highest BCUT2D eigenvalue weighted by molar-refractivity contribution is 5.94. The van der Waals surface area contributed by atoms with E-state index >= 15 is 0 Å². The second-order valence-corrected chi connectivity index (χ2v) is 4.64. The first-order valence-corrected chi connectivity index (χ1v) is 6.65. The Bertz CT molecular complexity index is 422. The zero-order valence-electron chi connectivity index (χ0n) is 11.0. The minimum absolute atomic E-state index is 0.0241. The van der Waals surface area contributed by atoms with Crippen molar-refractivity contribution in [3.05, 3.63) is 42.5 Å². The number of rotatable bonds is 5. The molecule has 19 heavy (non-hydrogen) atoms. The third-order valence-corrected chi connectivity index (χ3v) is 3.12. The van der Waals surface area contributed by atoms with Crippen molar-refractivity contribution in [1.82, 2.24) is 10.6 Å². The van der Waals surface area contributed by atoms with Crippen molar-refractivity contribution >= 4 is 5.91 Å². The molecule has 0 aliphatic carbocycles. The molecule has 102 valence electrons. The normalized spacial score (nSPS) is 18.6. The van der Waals surface area contributed by atoms with Crippen LogP contribution in [0.4, 0.5) is 0 Å². The molecule has 0 radical (unpaired) electrons. The SMILES string of the molecule is C=CCOc1ccc(C(=O)N[C@H]2CCCNC2)cc1. The molecule has 1 fully saturated rings. The average molecular weight is 260 g/mol. The van der Waals surface area contributed by atoms with Crippen molar-refractivity contribution in [2.45, 2.75) is 18.9 Å². The largest absolute Gasteiger partial charge is 0.490 e. The fraction of sp³-hybridized carbons (Fsp3) is 0.400. The summed E-state index contributed by atoms with van der Waals surface area (Å²) in [7, 11) is 0. The monoisotopic (exact) mass is 260 g/mol. The first-order chi connectivity index (χ1) is 9.29. The van der Waals surface area contributed by atoms with Crippen molar-refractivity contribution in [1.29, 1.82) is 0 Å². The summed E-state index contributed by atoms with van der Waals surface area (Å²) in [6, 6.07) is 7.40. The molecule has 0 unspecified atom stereocenters. The van der Waals surface area contributed by atoms with Crippen molar-refractivity contribution in [2.75, 3.05) is 19.7 Å². The van der Waals surface area contributed by atoms with E-state index in [1.807, 2.05) is 0 Å². The molecule has 0 spiro atoms. The summed E-state index contributed by atoms with van der Waals surface area (Å²) in [5, 5.41) is 6.32. The van der Waals surface area contributed by atoms with Gasteiger partial charge in [0, 0.05) is 18.2 Å². The predicted octanol–water partition coefficient (Wildman–Crippen LogP) is 1.73. The maximum atomic E-state index is 12.0. The molecule has 4 heteroatoms. The molecule has 1 atom stereocenters. The molecule has 0 saturated carbocycles. The molecule has 1 aliphatic rings. The molecule has 1 heterocycles. The maximum Gasteiger partial charge on any atom is 0.251 e. The highest BCUT2D eigenvalue weighted by Crippen LogP contribution is 2.12. The standard InChI is InChI=1S/C15H20N2O2/c1-2-10-19-14-7-5-12(6-8-14)15(18)17-13-4-3-9-16-11-13/h2,5-8,13,16H,1,3-4,9-11H2,(H,17,18)/t13-/m0/s1. The number of benzene rings is 1. The average Bonchev–Trinajstić information content (AvgIpc) is 2.46. The number of hydrogen-bond acceptors (Lipinski definition) is 3. The van der Waals surface area contributed by atoms with Crippen molar-refractivity contribution in [3.8, 4) is 5.75 Å². The maximum absolute atomic E-state index is 12.0. The number of amides is 1. The summed E-state index contributed by atoms with van der Waals surface area (Å²) in [5.41, 5.74) is 0.663. The molecule has 1 aliphatic heterocycles. The van der Waals surface area contributed by atoms with E-state index < -0.39 is 0 Å². The van der Waals surface area contributed by atoms with E-state index in [4.69, 9.17) is 4.74 Å². The Balaban J connectivity index is 1.89. The van der Waals surface area contributed by atoms with E-state index in [0.717, 1.165) is 31.7 Å². The fourth-order valence-corrected chi connectivity index (χ4v) is 2.10. The summed E-state index contributed by atoms with van der Waals surface area (Å²) in [6.45, 7) is 5.96. The summed E-state index contributed by atoms with van der Waals surface area (Å²) in [4.78, 5) is 12.0. The summed E-state index contributed by atoms with van der Waals surface area (Å²) >= 11 is 0. The van der Waals surface area contributed by atoms with Gasteiger partial charge in [-0.1, -0.05) is 12.7 Å². The zero-order chi connectivity index (χ0) is 13.5. The minimum atomic E-state index is -0.0241. The van der Waals surface area contributed by atoms with Crippen LogP contribution in [0, 0.1) is 0 Å². The minimum Gasteiger partial charge on any atom is -0.490 e. The fourth-order valence-electron chi connectivity index (χ4n) is 2.10. The van der Waals surface area contributed by atoms with E-state index in [-0.39, 0.29) is 11.9 Å². The van der Waals surface area contributed by atoms with Crippen LogP contribution >= 0.6 is 0 Å². The second kappa shape index (κ2) is 6.95. The molecule has 1 amide bonds. The Morgan fingerprint density at radius 3 is 2.89 bits per heavy atom. The van der Waals surface area contributed by atoms with Gasteiger partial charge in [0.05, 0.1) is 0 Å². The van der Waals surface area contributed by atoms with Gasteiger partial charge in [-0.15, -0.1) is 0 Å². The van der Waals surface area contributed by atoms with Gasteiger partial charge in [0.2, 0.25) is 0 Å². The molecule has 1 aromatic carbocycles. The van der Waals surface area contributed by atoms with Gasteiger partial charge in [0.1, 0.15) is 12.4 Å². The van der Waals surface area contributed by atoms with E-state index in [9.17, 15) is 4.79 Å². The van der Waals surface area contributed by atoms with Crippen LogP contribution in [-0.2, 0) is 0 Å². The smallest absolute Gasteiger partial charge is 0.251 e. The van der Waals surface area contributed by atoms with E-state index in [1.54, 1.807) is 30.3 Å². The van der Waals surface area contributed by atoms with Crippen LogP contribution in [0.2, 0.25) is 0 Å². The van der Waals surface area contributed by atoms with Crippen LogP contribution in [0.15, 0.2) is 36.9 Å². The van der Waals surface area contributed by atoms with Crippen LogP contribution in [-0.4, -0.2) is 31.6 Å². The third-order valence-electron chi connectivity index (χ3n) is 3.12. The molecule has 4 nitrogen and oxygen atoms in total. The van der Waals surface area contributed by atoms with Crippen molar-refractivity contribution < 1.29 is 9.53 Å². The van der Waals surface area contributed by atoms with Gasteiger partial charge in [0.15, 0.2) is 0 Å². The Morgan fingerprint density at radius 1 is 1.47 bits per heavy atom. The molecule has 1 aromatic rings. The highest BCUT2D eigenvalue weighted by Gasteiger charge is 2.16. The molecule has 2 N–H and O–H groups in total. The van der Waals surface area contributed by atoms with Gasteiger partial charge in [-0.2, -0.15) is 0 Å². The summed E-state index contributed by atoms with van der Waals surface area (Å²) in [5.74, 6) is 0.722. The molecule has 0 aromatic heterocycles. The van der Waals surface area contributed by atoms with E-state index in [1.165, 1.54) is 0 Å². The van der Waals surface area contributed by atoms with E-state index in [0.29, 0.717) is 12.2 Å². The number of ether oxygens (including phenoxy) is 1. The van der Waals surface area contributed by atoms with Crippen LogP contribution in [0.25, 0.3) is 0 Å². The van der Waals surface area contributed by atoms with Gasteiger partial charge in [-0.3, -0.25) is 4.79 Å². The lowest BCUT2D eigenvalue weighted by molar-refractivity contribution is 0.0930. The van der Waals surface area contributed by atoms with Crippen molar-refractivity contribution in [2.24, 2.45) is 0 Å². The van der Waals surface area contributed by atoms with Crippen LogP contribution < -0.4 is 15.4 Å². The number of nitrogens with one attached hydrogen (secondary N) is 2. The number of piperidine rings is 1. The first kappa shape index (κ1) is 13.6. The molecular weight excluding hydrogens is 240 g/mol. The zero-order valence-corrected chi connectivity index (χ0v) is 11.0. The van der Waals surface area contributed by atoms with Crippen LogP contribution in [0.3, 0.4) is 0 Å². The topological polar surface area (TPSA) is 50.4 Å². The predicted molar refractivity (Wildman–Crippen MR) is 75.5 cm³/mol. The number of carbonyl (C=O) groups is 1. The highest BCUT2D eigenvalue weighted by atomic mass is 16.5. The lowest BCUT2D eigenvalue weighted by atomic mass is 10.1. The first-order valence-electron chi connectivity index (χ1n) is 6.65. The Labute approximate surface area is 113 Å². The van der Waals surface area contributed by atoms with E-state index in [2.05, 4.69) is 17.2 Å². The lowest BCUT2D eigenvalue weighted by Crippen LogP contribution is -2.45. The van der Waals surface area contributed by atoms with Gasteiger partial charge in [-0.05, 0) is 43.7 Å². The van der Waals surface area contributed by atoms with Gasteiger partial charge in [-0.25, -0.2) is 0 Å². The summed E-state index contributed by atoms with van der Waals surface area (Å²) < 4.78 is 5.38. The number of carbonyl (C=O) groups excluding carboxylic acids is 1. The number of hydrogen-bond donors (Lipinski definition) is 2. The Hall–Kier alpha value is -1.81. The summed E-state index contributed by atoms with van der Waals surface area (Å²) in [6.07, 6.45) is 3.84. The molecule has 0 bridgehead atoms. The third kappa shape index (κ3) is 4.10. The molecular formula is C15H20N2O2. The Morgan fingerprint density at radius 2 is 2.26 bits per heavy atom. The van der Waals surface area contributed by atoms with Gasteiger partial charge < -0.3 is 15.4 Å². The lowest BCUT2D eigenvalue weighted by Gasteiger charge is -2.23. The van der Waals surface area contributed by atoms with Crippen LogP contribution in [0.1, 0.15) is 23.2 Å². The van der Waals surface area contributed by atoms with Crippen LogP contribution in [0.5, 0.6) is 5.75 Å². The Kier molecular flexibility index (Phi) is 4.98. The quantitative estimate of drug-likeness (QED) is 0.793. The van der Waals surface area contributed by atoms with Crippen molar-refractivity contribution in [3.63, 3.8) is 0 Å². The van der Waals surface area contributed by atoms with Gasteiger partial charge in [0.25, 0.3) is 5.91 Å². The molecule has 2 rings (SSSR count). The van der Waals surface area contributed by atoms with Gasteiger partial charge >= 0.3 is 0 Å². The molecule has 1 saturated heterocycles.